The highest BCUT2D eigenvalue weighted by Crippen LogP contribution is 2.07. The van der Waals surface area contributed by atoms with Crippen molar-refractivity contribution in [1.29, 1.82) is 0 Å². The summed E-state index contributed by atoms with van der Waals surface area (Å²) in [5, 5.41) is 0. The Morgan fingerprint density at radius 2 is 1.80 bits per heavy atom. The van der Waals surface area contributed by atoms with Crippen molar-refractivity contribution in [1.82, 2.24) is 0 Å². The molecule has 0 spiro atoms. The van der Waals surface area contributed by atoms with Crippen LogP contribution in [-0.2, 0) is 4.74 Å². The Balaban J connectivity index is 3.40. The molecule has 0 aliphatic carbocycles. The molecule has 0 fully saturated rings. The summed E-state index contributed by atoms with van der Waals surface area (Å²) in [5.74, 6) is 0.541. The van der Waals surface area contributed by atoms with E-state index < -0.39 is 0 Å². The van der Waals surface area contributed by atoms with Gasteiger partial charge in [0.05, 0.1) is 12.7 Å². The molecule has 0 aliphatic rings. The van der Waals surface area contributed by atoms with Crippen molar-refractivity contribution in [2.45, 2.75) is 33.8 Å². The molecule has 0 unspecified atom stereocenters. The summed E-state index contributed by atoms with van der Waals surface area (Å²) < 4.78 is 5.37. The van der Waals surface area contributed by atoms with E-state index >= 15 is 0 Å². The van der Waals surface area contributed by atoms with Gasteiger partial charge in [-0.05, 0) is 25.3 Å². The molecule has 0 aromatic rings. The van der Waals surface area contributed by atoms with E-state index in [0.717, 1.165) is 0 Å². The maximum atomic E-state index is 5.37. The van der Waals surface area contributed by atoms with Crippen LogP contribution in [-0.4, -0.2) is 12.7 Å². The van der Waals surface area contributed by atoms with Crippen molar-refractivity contribution in [3.05, 3.63) is 12.2 Å². The average Bonchev–Trinajstić information content (AvgIpc) is 1.82. The molecule has 0 amide bonds. The smallest absolute Gasteiger partial charge is 0.0680 e. The van der Waals surface area contributed by atoms with Gasteiger partial charge < -0.3 is 4.74 Å². The van der Waals surface area contributed by atoms with Gasteiger partial charge in [-0.25, -0.2) is 0 Å². The van der Waals surface area contributed by atoms with Gasteiger partial charge in [0.2, 0.25) is 0 Å². The minimum Gasteiger partial charge on any atom is -0.374 e. The highest BCUT2D eigenvalue weighted by molar-refractivity contribution is 4.97. The minimum absolute atomic E-state index is 0.315. The summed E-state index contributed by atoms with van der Waals surface area (Å²) in [4.78, 5) is 0. The molecule has 0 bridgehead atoms. The molecule has 60 valence electrons. The monoisotopic (exact) mass is 142 g/mol. The first-order chi connectivity index (χ1) is 4.54. The first-order valence-electron chi connectivity index (χ1n) is 3.83. The maximum absolute atomic E-state index is 5.37. The van der Waals surface area contributed by atoms with Gasteiger partial charge in [-0.3, -0.25) is 0 Å². The second-order valence-corrected chi connectivity index (χ2v) is 3.17. The molecule has 0 aromatic carbocycles. The lowest BCUT2D eigenvalue weighted by Crippen LogP contribution is -2.08. The Morgan fingerprint density at radius 3 is 2.10 bits per heavy atom. The highest BCUT2D eigenvalue weighted by Gasteiger charge is 2.00. The third kappa shape index (κ3) is 4.57. The molecule has 0 saturated carbocycles. The third-order valence-electron chi connectivity index (χ3n) is 1.42. The summed E-state index contributed by atoms with van der Waals surface area (Å²) in [6.45, 7) is 12.9. The van der Waals surface area contributed by atoms with Crippen molar-refractivity contribution in [3.63, 3.8) is 0 Å². The van der Waals surface area contributed by atoms with Crippen LogP contribution in [0.5, 0.6) is 0 Å². The molecule has 0 saturated heterocycles. The Bertz CT molecular complexity index is 103. The normalized spacial score (nSPS) is 11.0. The quantitative estimate of drug-likeness (QED) is 0.548. The van der Waals surface area contributed by atoms with Crippen molar-refractivity contribution in [2.75, 3.05) is 6.61 Å². The van der Waals surface area contributed by atoms with Gasteiger partial charge in [0.25, 0.3) is 0 Å². The van der Waals surface area contributed by atoms with Crippen LogP contribution in [0.15, 0.2) is 12.2 Å². The van der Waals surface area contributed by atoms with Gasteiger partial charge in [-0.2, -0.15) is 0 Å². The van der Waals surface area contributed by atoms with Gasteiger partial charge in [-0.1, -0.05) is 20.4 Å². The molecule has 1 heteroatoms. The maximum Gasteiger partial charge on any atom is 0.0680 e. The lowest BCUT2D eigenvalue weighted by molar-refractivity contribution is 0.0937. The van der Waals surface area contributed by atoms with Gasteiger partial charge in [-0.15, -0.1) is 0 Å². The number of hydrogen-bond donors (Lipinski definition) is 0. The van der Waals surface area contributed by atoms with Crippen molar-refractivity contribution >= 4 is 0 Å². The summed E-state index contributed by atoms with van der Waals surface area (Å²) >= 11 is 0. The lowest BCUT2D eigenvalue weighted by Gasteiger charge is -2.11. The predicted molar refractivity (Wildman–Crippen MR) is 45.1 cm³/mol. The fourth-order valence-electron chi connectivity index (χ4n) is 0.440. The molecule has 0 rings (SSSR count). The van der Waals surface area contributed by atoms with Gasteiger partial charge in [0, 0.05) is 0 Å². The molecular formula is C9H18O. The van der Waals surface area contributed by atoms with Crippen LogP contribution in [0.1, 0.15) is 27.7 Å². The number of rotatable bonds is 4. The van der Waals surface area contributed by atoms with E-state index in [-0.39, 0.29) is 0 Å². The molecule has 0 atom stereocenters. The Labute approximate surface area is 64.1 Å². The molecule has 0 aliphatic heterocycles. The second kappa shape index (κ2) is 4.51. The van der Waals surface area contributed by atoms with Gasteiger partial charge >= 0.3 is 0 Å². The van der Waals surface area contributed by atoms with Gasteiger partial charge in [0.15, 0.2) is 0 Å². The van der Waals surface area contributed by atoms with E-state index in [4.69, 9.17) is 4.74 Å². The molecular weight excluding hydrogens is 124 g/mol. The molecule has 1 nitrogen and oxygen atoms in total. The van der Waals surface area contributed by atoms with Crippen LogP contribution in [0.25, 0.3) is 0 Å². The van der Waals surface area contributed by atoms with Crippen LogP contribution in [0.4, 0.5) is 0 Å². The summed E-state index contributed by atoms with van der Waals surface area (Å²) in [6.07, 6.45) is 0.315. The molecule has 0 aromatic heterocycles. The molecule has 0 N–H and O–H groups in total. The summed E-state index contributed by atoms with van der Waals surface area (Å²) in [5.41, 5.74) is 1.17. The fraction of sp³-hybridized carbons (Fsp3) is 0.778. The van der Waals surface area contributed by atoms with Crippen molar-refractivity contribution < 1.29 is 4.74 Å². The Kier molecular flexibility index (Phi) is 4.37. The molecule has 0 heterocycles. The van der Waals surface area contributed by atoms with Crippen LogP contribution < -0.4 is 0 Å². The molecule has 0 radical (unpaired) electrons. The predicted octanol–water partition coefficient (Wildman–Crippen LogP) is 2.62. The minimum atomic E-state index is 0.315. The first kappa shape index (κ1) is 9.70. The Morgan fingerprint density at radius 1 is 1.30 bits per heavy atom. The summed E-state index contributed by atoms with van der Waals surface area (Å²) in [7, 11) is 0. The average molecular weight is 142 g/mol. The molecule has 10 heavy (non-hydrogen) atoms. The SMILES string of the molecule is C=C(COC(C)C)C(C)C. The standard InChI is InChI=1S/C9H18O/c1-7(2)9(5)6-10-8(3)4/h7-8H,5-6H2,1-4H3. The van der Waals surface area contributed by atoms with Crippen LogP contribution in [0.2, 0.25) is 0 Å². The van der Waals surface area contributed by atoms with Crippen molar-refractivity contribution in [3.8, 4) is 0 Å². The number of ether oxygens (including phenoxy) is 1. The van der Waals surface area contributed by atoms with Crippen LogP contribution >= 0.6 is 0 Å². The summed E-state index contributed by atoms with van der Waals surface area (Å²) in [6, 6.07) is 0. The zero-order valence-electron chi connectivity index (χ0n) is 7.48. The van der Waals surface area contributed by atoms with E-state index in [1.54, 1.807) is 0 Å². The number of hydrogen-bond acceptors (Lipinski definition) is 1. The highest BCUT2D eigenvalue weighted by atomic mass is 16.5. The largest absolute Gasteiger partial charge is 0.374 e. The topological polar surface area (TPSA) is 9.23 Å². The van der Waals surface area contributed by atoms with Crippen LogP contribution in [0.3, 0.4) is 0 Å². The van der Waals surface area contributed by atoms with E-state index in [2.05, 4.69) is 20.4 Å². The van der Waals surface area contributed by atoms with E-state index in [1.165, 1.54) is 5.57 Å². The lowest BCUT2D eigenvalue weighted by atomic mass is 10.1. The first-order valence-corrected chi connectivity index (χ1v) is 3.83. The Hall–Kier alpha value is -0.300. The fourth-order valence-corrected chi connectivity index (χ4v) is 0.440. The third-order valence-corrected chi connectivity index (χ3v) is 1.42. The van der Waals surface area contributed by atoms with Crippen LogP contribution in [0, 0.1) is 5.92 Å². The van der Waals surface area contributed by atoms with E-state index in [9.17, 15) is 0 Å². The zero-order chi connectivity index (χ0) is 8.15. The zero-order valence-corrected chi connectivity index (χ0v) is 7.48. The van der Waals surface area contributed by atoms with Gasteiger partial charge in [0.1, 0.15) is 0 Å². The van der Waals surface area contributed by atoms with E-state index in [1.807, 2.05) is 13.8 Å². The second-order valence-electron chi connectivity index (χ2n) is 3.17. The van der Waals surface area contributed by atoms with Crippen molar-refractivity contribution in [2.24, 2.45) is 5.92 Å². The van der Waals surface area contributed by atoms with E-state index in [0.29, 0.717) is 18.6 Å².